The number of imidazole rings is 1. The standard InChI is InChI=1S/C18H13FN4O3/c1-25-18(24)13-7-6-12(26-13)15-14(10-2-4-11(19)5-3-10)22-16(20)17-21-8-9-23(15)17/h2-9H,1H3,(H2,20,22). The third kappa shape index (κ3) is 2.48. The average molecular weight is 352 g/mol. The SMILES string of the molecule is COC(=O)c1ccc(-c2c(-c3ccc(F)cc3)nc(N)c3nccn23)o1. The molecule has 3 heterocycles. The fourth-order valence-corrected chi connectivity index (χ4v) is 2.73. The number of nitrogen functional groups attached to an aromatic ring is 1. The highest BCUT2D eigenvalue weighted by atomic mass is 19.1. The van der Waals surface area contributed by atoms with Gasteiger partial charge in [0.15, 0.2) is 17.2 Å². The largest absolute Gasteiger partial charge is 0.463 e. The number of anilines is 1. The van der Waals surface area contributed by atoms with Gasteiger partial charge in [0.05, 0.1) is 7.11 Å². The molecule has 26 heavy (non-hydrogen) atoms. The molecule has 0 unspecified atom stereocenters. The van der Waals surface area contributed by atoms with Crippen LogP contribution in [0.15, 0.2) is 53.2 Å². The molecule has 0 saturated carbocycles. The highest BCUT2D eigenvalue weighted by molar-refractivity contribution is 5.88. The Kier molecular flexibility index (Phi) is 3.65. The van der Waals surface area contributed by atoms with Crippen molar-refractivity contribution in [1.29, 1.82) is 0 Å². The number of halogens is 1. The minimum atomic E-state index is -0.593. The van der Waals surface area contributed by atoms with Gasteiger partial charge in [-0.05, 0) is 36.4 Å². The zero-order valence-electron chi connectivity index (χ0n) is 13.6. The van der Waals surface area contributed by atoms with E-state index in [9.17, 15) is 9.18 Å². The Morgan fingerprint density at radius 1 is 1.23 bits per heavy atom. The number of nitrogens with two attached hydrogens (primary N) is 1. The second-order valence-corrected chi connectivity index (χ2v) is 5.48. The van der Waals surface area contributed by atoms with Gasteiger partial charge in [0.2, 0.25) is 5.76 Å². The maximum atomic E-state index is 13.3. The number of ether oxygens (including phenoxy) is 1. The van der Waals surface area contributed by atoms with Gasteiger partial charge in [-0.25, -0.2) is 19.2 Å². The van der Waals surface area contributed by atoms with E-state index in [1.54, 1.807) is 35.0 Å². The molecule has 7 nitrogen and oxygen atoms in total. The minimum Gasteiger partial charge on any atom is -0.463 e. The molecular formula is C18H13FN4O3. The van der Waals surface area contributed by atoms with E-state index in [0.717, 1.165) is 0 Å². The van der Waals surface area contributed by atoms with E-state index in [1.807, 2.05) is 0 Å². The van der Waals surface area contributed by atoms with Crippen LogP contribution in [0.3, 0.4) is 0 Å². The number of aromatic nitrogens is 3. The van der Waals surface area contributed by atoms with Gasteiger partial charge in [-0.15, -0.1) is 0 Å². The first kappa shape index (κ1) is 15.8. The topological polar surface area (TPSA) is 95.6 Å². The molecule has 0 saturated heterocycles. The number of hydrogen-bond acceptors (Lipinski definition) is 6. The maximum Gasteiger partial charge on any atom is 0.373 e. The lowest BCUT2D eigenvalue weighted by molar-refractivity contribution is 0.0566. The van der Waals surface area contributed by atoms with Gasteiger partial charge in [0.1, 0.15) is 17.2 Å². The van der Waals surface area contributed by atoms with Gasteiger partial charge in [-0.3, -0.25) is 4.40 Å². The molecule has 0 fully saturated rings. The van der Waals surface area contributed by atoms with Crippen LogP contribution in [0.25, 0.3) is 28.4 Å². The number of fused-ring (bicyclic) bond motifs is 1. The van der Waals surface area contributed by atoms with Crippen LogP contribution >= 0.6 is 0 Å². The van der Waals surface area contributed by atoms with Gasteiger partial charge in [-0.2, -0.15) is 0 Å². The number of methoxy groups -OCH3 is 1. The van der Waals surface area contributed by atoms with Gasteiger partial charge < -0.3 is 14.9 Å². The van der Waals surface area contributed by atoms with Gasteiger partial charge >= 0.3 is 5.97 Å². The summed E-state index contributed by atoms with van der Waals surface area (Å²) in [6, 6.07) is 8.98. The van der Waals surface area contributed by atoms with Crippen molar-refractivity contribution in [3.63, 3.8) is 0 Å². The summed E-state index contributed by atoms with van der Waals surface area (Å²) in [5.41, 5.74) is 8.11. The van der Waals surface area contributed by atoms with Crippen molar-refractivity contribution in [1.82, 2.24) is 14.4 Å². The first-order chi connectivity index (χ1) is 12.6. The molecule has 0 amide bonds. The van der Waals surface area contributed by atoms with Crippen LogP contribution in [0.1, 0.15) is 10.6 Å². The highest BCUT2D eigenvalue weighted by Gasteiger charge is 2.21. The fourth-order valence-electron chi connectivity index (χ4n) is 2.73. The lowest BCUT2D eigenvalue weighted by Gasteiger charge is -2.11. The van der Waals surface area contributed by atoms with Crippen molar-refractivity contribution >= 4 is 17.4 Å². The quantitative estimate of drug-likeness (QED) is 0.569. The smallest absolute Gasteiger partial charge is 0.373 e. The summed E-state index contributed by atoms with van der Waals surface area (Å²) in [4.78, 5) is 20.3. The lowest BCUT2D eigenvalue weighted by atomic mass is 10.1. The molecule has 4 aromatic rings. The van der Waals surface area contributed by atoms with E-state index < -0.39 is 5.97 Å². The number of carbonyl (C=O) groups is 1. The molecule has 0 bridgehead atoms. The van der Waals surface area contributed by atoms with Crippen molar-refractivity contribution in [3.05, 3.63) is 60.4 Å². The van der Waals surface area contributed by atoms with E-state index in [-0.39, 0.29) is 17.4 Å². The van der Waals surface area contributed by atoms with Crippen LogP contribution in [0, 0.1) is 5.82 Å². The van der Waals surface area contributed by atoms with Gasteiger partial charge in [0.25, 0.3) is 0 Å². The second-order valence-electron chi connectivity index (χ2n) is 5.48. The Hall–Kier alpha value is -3.68. The van der Waals surface area contributed by atoms with Crippen LogP contribution in [-0.4, -0.2) is 27.4 Å². The molecule has 0 aliphatic carbocycles. The second kappa shape index (κ2) is 5.99. The predicted octanol–water partition coefficient (Wildman–Crippen LogP) is 3.16. The summed E-state index contributed by atoms with van der Waals surface area (Å²) < 4.78 is 25.3. The molecule has 0 aliphatic rings. The Labute approximate surface area is 146 Å². The molecular weight excluding hydrogens is 339 g/mol. The monoisotopic (exact) mass is 352 g/mol. The van der Waals surface area contributed by atoms with Gasteiger partial charge in [0, 0.05) is 18.0 Å². The Bertz CT molecular complexity index is 1120. The number of nitrogens with zero attached hydrogens (tertiary/aromatic N) is 3. The minimum absolute atomic E-state index is 0.0534. The zero-order chi connectivity index (χ0) is 18.3. The summed E-state index contributed by atoms with van der Waals surface area (Å²) >= 11 is 0. The molecule has 2 N–H and O–H groups in total. The normalized spacial score (nSPS) is 11.0. The molecule has 0 aliphatic heterocycles. The number of rotatable bonds is 3. The van der Waals surface area contributed by atoms with Gasteiger partial charge in [-0.1, -0.05) is 0 Å². The van der Waals surface area contributed by atoms with Crippen molar-refractivity contribution in [3.8, 4) is 22.7 Å². The summed E-state index contributed by atoms with van der Waals surface area (Å²) in [6.07, 6.45) is 3.28. The van der Waals surface area contributed by atoms with Crippen molar-refractivity contribution in [2.45, 2.75) is 0 Å². The number of carbonyl (C=O) groups excluding carboxylic acids is 1. The molecule has 0 atom stereocenters. The predicted molar refractivity (Wildman–Crippen MR) is 91.8 cm³/mol. The molecule has 3 aromatic heterocycles. The third-order valence-electron chi connectivity index (χ3n) is 3.91. The van der Waals surface area contributed by atoms with E-state index in [1.165, 1.54) is 25.3 Å². The Morgan fingerprint density at radius 3 is 2.73 bits per heavy atom. The maximum absolute atomic E-state index is 13.3. The Balaban J connectivity index is 2.00. The number of furan rings is 1. The molecule has 0 spiro atoms. The fraction of sp³-hybridized carbons (Fsp3) is 0.0556. The number of benzene rings is 1. The highest BCUT2D eigenvalue weighted by Crippen LogP contribution is 2.34. The van der Waals surface area contributed by atoms with Crippen LogP contribution in [0.5, 0.6) is 0 Å². The van der Waals surface area contributed by atoms with E-state index in [4.69, 9.17) is 10.2 Å². The molecule has 4 rings (SSSR count). The molecule has 0 radical (unpaired) electrons. The van der Waals surface area contributed by atoms with Crippen LogP contribution < -0.4 is 5.73 Å². The first-order valence-electron chi connectivity index (χ1n) is 7.65. The zero-order valence-corrected chi connectivity index (χ0v) is 13.6. The van der Waals surface area contributed by atoms with Crippen LogP contribution in [-0.2, 0) is 4.74 Å². The summed E-state index contributed by atoms with van der Waals surface area (Å²) in [6.45, 7) is 0. The summed E-state index contributed by atoms with van der Waals surface area (Å²) in [5.74, 6) is -0.307. The van der Waals surface area contributed by atoms with Crippen LogP contribution in [0.2, 0.25) is 0 Å². The average Bonchev–Trinajstić information content (AvgIpc) is 3.31. The van der Waals surface area contributed by atoms with E-state index in [0.29, 0.717) is 28.4 Å². The molecule has 8 heteroatoms. The number of esters is 1. The van der Waals surface area contributed by atoms with Crippen molar-refractivity contribution in [2.75, 3.05) is 12.8 Å². The summed E-state index contributed by atoms with van der Waals surface area (Å²) in [5, 5.41) is 0. The van der Waals surface area contributed by atoms with Crippen molar-refractivity contribution in [2.24, 2.45) is 0 Å². The molecule has 130 valence electrons. The van der Waals surface area contributed by atoms with E-state index in [2.05, 4.69) is 14.7 Å². The van der Waals surface area contributed by atoms with Crippen LogP contribution in [0.4, 0.5) is 10.2 Å². The number of hydrogen-bond donors (Lipinski definition) is 1. The Morgan fingerprint density at radius 2 is 2.00 bits per heavy atom. The van der Waals surface area contributed by atoms with Crippen molar-refractivity contribution < 1.29 is 18.3 Å². The first-order valence-corrected chi connectivity index (χ1v) is 7.65. The lowest BCUT2D eigenvalue weighted by Crippen LogP contribution is -2.03. The third-order valence-corrected chi connectivity index (χ3v) is 3.91. The molecule has 1 aromatic carbocycles. The van der Waals surface area contributed by atoms with E-state index >= 15 is 0 Å². The summed E-state index contributed by atoms with van der Waals surface area (Å²) in [7, 11) is 1.27.